The number of hydrogen-bond acceptors (Lipinski definition) is 2. The first-order valence-corrected chi connectivity index (χ1v) is 5.64. The minimum Gasteiger partial charge on any atom is -0.268 e. The number of allylic oxidation sites excluding steroid dienone is 2. The zero-order valence-corrected chi connectivity index (χ0v) is 8.95. The molecule has 2 radical (unpaired) electrons. The second kappa shape index (κ2) is 4.10. The molecule has 0 fully saturated rings. The van der Waals surface area contributed by atoms with E-state index >= 15 is 0 Å². The number of rotatable bonds is 2. The van der Waals surface area contributed by atoms with E-state index in [2.05, 4.69) is 0 Å². The topological polar surface area (TPSA) is 49.2 Å². The maximum atomic E-state index is 11.3. The predicted octanol–water partition coefficient (Wildman–Crippen LogP) is -0.803. The van der Waals surface area contributed by atoms with E-state index in [9.17, 15) is 8.42 Å². The highest BCUT2D eigenvalue weighted by molar-refractivity contribution is 7.91. The van der Waals surface area contributed by atoms with E-state index < -0.39 is 15.3 Å². The van der Waals surface area contributed by atoms with Gasteiger partial charge >= 0.3 is 0 Å². The third-order valence-electron chi connectivity index (χ3n) is 1.95. The molecule has 0 saturated heterocycles. The van der Waals surface area contributed by atoms with Crippen LogP contribution in [0.15, 0.2) is 24.3 Å². The van der Waals surface area contributed by atoms with Crippen molar-refractivity contribution in [3.05, 3.63) is 24.3 Å². The van der Waals surface area contributed by atoms with Crippen molar-refractivity contribution in [1.29, 1.82) is 0 Å². The van der Waals surface area contributed by atoms with E-state index in [1.807, 2.05) is 18.7 Å². The Morgan fingerprint density at radius 1 is 1.36 bits per heavy atom. The van der Waals surface area contributed by atoms with Gasteiger partial charge in [0.25, 0.3) is 0 Å². The highest BCUT2D eigenvalue weighted by Gasteiger charge is 2.20. The first-order valence-electron chi connectivity index (χ1n) is 4.09. The van der Waals surface area contributed by atoms with Gasteiger partial charge in [-0.25, -0.2) is 13.0 Å². The van der Waals surface area contributed by atoms with Crippen LogP contribution in [0.1, 0.15) is 0 Å². The fourth-order valence-corrected chi connectivity index (χ4v) is 1.82. The normalized spacial score (nSPS) is 21.3. The largest absolute Gasteiger partial charge is 0.268 e. The van der Waals surface area contributed by atoms with Gasteiger partial charge < -0.3 is 0 Å². The smallest absolute Gasteiger partial charge is 0.210 e. The fraction of sp³-hybridized carbons (Fsp3) is 0.375. The molecule has 0 heterocycles. The first kappa shape index (κ1) is 11.2. The summed E-state index contributed by atoms with van der Waals surface area (Å²) in [5.41, 5.74) is 0.952. The third kappa shape index (κ3) is 2.33. The standard InChI is InChI=1S/C8H12BN2O2S/c1-11(2)7-3-5-8(6-4-7)14(12,13)10-9/h3-6,8,10H,1-2H3/q+1. The summed E-state index contributed by atoms with van der Waals surface area (Å²) in [6.07, 6.45) is 6.67. The Hall–Kier alpha value is -0.875. The van der Waals surface area contributed by atoms with E-state index in [0.717, 1.165) is 5.71 Å². The molecule has 0 amide bonds. The van der Waals surface area contributed by atoms with Gasteiger partial charge in [-0.3, -0.25) is 4.63 Å². The molecule has 74 valence electrons. The number of nitrogens with zero attached hydrogens (tertiary/aromatic N) is 1. The average molecular weight is 211 g/mol. The average Bonchev–Trinajstić information content (AvgIpc) is 2.18. The van der Waals surface area contributed by atoms with Gasteiger partial charge in [-0.2, -0.15) is 0 Å². The van der Waals surface area contributed by atoms with Crippen molar-refractivity contribution in [2.24, 2.45) is 0 Å². The van der Waals surface area contributed by atoms with Crippen LogP contribution >= 0.6 is 0 Å². The van der Waals surface area contributed by atoms with Crippen molar-refractivity contribution in [3.63, 3.8) is 0 Å². The van der Waals surface area contributed by atoms with Gasteiger partial charge in [0.2, 0.25) is 18.0 Å². The van der Waals surface area contributed by atoms with E-state index in [1.54, 1.807) is 28.9 Å². The molecule has 14 heavy (non-hydrogen) atoms. The van der Waals surface area contributed by atoms with E-state index in [1.165, 1.54) is 0 Å². The minimum absolute atomic E-state index is 0.684. The Morgan fingerprint density at radius 2 is 1.86 bits per heavy atom. The zero-order chi connectivity index (χ0) is 10.8. The molecule has 0 aromatic rings. The summed E-state index contributed by atoms with van der Waals surface area (Å²) in [6, 6.07) is 0. The van der Waals surface area contributed by atoms with Gasteiger partial charge in [0.1, 0.15) is 19.3 Å². The van der Waals surface area contributed by atoms with Crippen LogP contribution in [-0.4, -0.2) is 46.0 Å². The van der Waals surface area contributed by atoms with E-state index in [-0.39, 0.29) is 0 Å². The lowest BCUT2D eigenvalue weighted by Crippen LogP contribution is -2.31. The molecular formula is C8H12BN2O2S+. The Labute approximate surface area is 85.5 Å². The van der Waals surface area contributed by atoms with Gasteiger partial charge in [0.05, 0.1) is 0 Å². The van der Waals surface area contributed by atoms with Gasteiger partial charge in [-0.1, -0.05) is 12.2 Å². The molecule has 0 aromatic heterocycles. The first-order chi connectivity index (χ1) is 6.47. The van der Waals surface area contributed by atoms with E-state index in [4.69, 9.17) is 7.98 Å². The molecule has 0 saturated carbocycles. The Kier molecular flexibility index (Phi) is 3.28. The van der Waals surface area contributed by atoms with Crippen LogP contribution in [0.2, 0.25) is 0 Å². The minimum atomic E-state index is -3.45. The van der Waals surface area contributed by atoms with Crippen molar-refractivity contribution in [2.75, 3.05) is 14.1 Å². The Bertz CT molecular complexity index is 389. The van der Waals surface area contributed by atoms with Crippen LogP contribution in [0.3, 0.4) is 0 Å². The summed E-state index contributed by atoms with van der Waals surface area (Å²) in [5.74, 6) is 0. The lowest BCUT2D eigenvalue weighted by atomic mass is 10.2. The highest BCUT2D eigenvalue weighted by Crippen LogP contribution is 2.07. The SMILES string of the molecule is [B]NS(=O)(=O)C1C=CC(=[N+](C)C)C=C1. The molecule has 1 rings (SSSR count). The van der Waals surface area contributed by atoms with Gasteiger partial charge in [-0.15, -0.1) is 0 Å². The summed E-state index contributed by atoms with van der Waals surface area (Å²) >= 11 is 0. The van der Waals surface area contributed by atoms with Crippen molar-refractivity contribution >= 4 is 23.7 Å². The lowest BCUT2D eigenvalue weighted by Gasteiger charge is -2.11. The molecule has 0 atom stereocenters. The summed E-state index contributed by atoms with van der Waals surface area (Å²) in [4.78, 5) is 0. The van der Waals surface area contributed by atoms with Crippen LogP contribution in [0.25, 0.3) is 0 Å². The molecule has 0 bridgehead atoms. The van der Waals surface area contributed by atoms with Gasteiger partial charge in [0, 0.05) is 12.2 Å². The third-order valence-corrected chi connectivity index (χ3v) is 3.31. The number of nitrogens with one attached hydrogen (secondary N) is 1. The summed E-state index contributed by atoms with van der Waals surface area (Å²) in [5, 5.41) is -0.684. The molecule has 6 heteroatoms. The van der Waals surface area contributed by atoms with Crippen LogP contribution < -0.4 is 4.63 Å². The molecule has 1 aliphatic carbocycles. The molecular weight excluding hydrogens is 199 g/mol. The van der Waals surface area contributed by atoms with Gasteiger partial charge in [-0.05, 0) is 0 Å². The van der Waals surface area contributed by atoms with Crippen molar-refractivity contribution in [1.82, 2.24) is 4.63 Å². The van der Waals surface area contributed by atoms with Crippen LogP contribution in [0.5, 0.6) is 0 Å². The molecule has 1 aliphatic rings. The van der Waals surface area contributed by atoms with E-state index in [0.29, 0.717) is 0 Å². The molecule has 0 aromatic carbocycles. The van der Waals surface area contributed by atoms with Crippen LogP contribution in [0, 0.1) is 0 Å². The molecule has 0 spiro atoms. The number of sulfonamides is 1. The molecule has 0 unspecified atom stereocenters. The number of hydrogen-bond donors (Lipinski definition) is 1. The summed E-state index contributed by atoms with van der Waals surface area (Å²) in [6.45, 7) is 0. The summed E-state index contributed by atoms with van der Waals surface area (Å²) < 4.78 is 26.2. The summed E-state index contributed by atoms with van der Waals surface area (Å²) in [7, 11) is 5.24. The lowest BCUT2D eigenvalue weighted by molar-refractivity contribution is -0.462. The molecule has 0 aliphatic heterocycles. The van der Waals surface area contributed by atoms with Crippen LogP contribution in [0.4, 0.5) is 0 Å². The quantitative estimate of drug-likeness (QED) is 0.480. The molecule has 1 N–H and O–H groups in total. The van der Waals surface area contributed by atoms with Crippen molar-refractivity contribution < 1.29 is 13.0 Å². The second-order valence-electron chi connectivity index (χ2n) is 3.17. The second-order valence-corrected chi connectivity index (χ2v) is 5.04. The predicted molar refractivity (Wildman–Crippen MR) is 57.0 cm³/mol. The molecule has 4 nitrogen and oxygen atoms in total. The Balaban J connectivity index is 2.93. The van der Waals surface area contributed by atoms with Crippen molar-refractivity contribution in [2.45, 2.75) is 5.25 Å². The zero-order valence-electron chi connectivity index (χ0n) is 8.14. The van der Waals surface area contributed by atoms with Gasteiger partial charge in [0.15, 0.2) is 5.71 Å². The Morgan fingerprint density at radius 3 is 2.21 bits per heavy atom. The van der Waals surface area contributed by atoms with Crippen molar-refractivity contribution in [3.8, 4) is 0 Å². The van der Waals surface area contributed by atoms with Crippen LogP contribution in [-0.2, 0) is 10.0 Å². The fourth-order valence-electron chi connectivity index (χ4n) is 1.09. The maximum absolute atomic E-state index is 11.3. The monoisotopic (exact) mass is 211 g/mol. The highest BCUT2D eigenvalue weighted by atomic mass is 32.2. The maximum Gasteiger partial charge on any atom is 0.210 e.